The monoisotopic (exact) mass is 156 g/mol. The molecule has 0 heterocycles. The van der Waals surface area contributed by atoms with Crippen molar-refractivity contribution in [3.63, 3.8) is 0 Å². The average molecular weight is 156 g/mol. The molecule has 0 saturated heterocycles. The van der Waals surface area contributed by atoms with Crippen LogP contribution in [0, 0.1) is 11.8 Å². The van der Waals surface area contributed by atoms with Crippen LogP contribution in [0.15, 0.2) is 0 Å². The Bertz CT molecular complexity index is 142. The van der Waals surface area contributed by atoms with Gasteiger partial charge in [0.2, 0.25) is 0 Å². The maximum Gasteiger partial charge on any atom is 0.136 e. The molecular formula is C9H16O2. The van der Waals surface area contributed by atoms with Crippen molar-refractivity contribution >= 4 is 5.78 Å². The molecule has 0 aromatic heterocycles. The van der Waals surface area contributed by atoms with Crippen molar-refractivity contribution in [1.82, 2.24) is 0 Å². The molecule has 2 unspecified atom stereocenters. The topological polar surface area (TPSA) is 26.3 Å². The Hall–Kier alpha value is -0.370. The highest BCUT2D eigenvalue weighted by atomic mass is 16.5. The van der Waals surface area contributed by atoms with Crippen LogP contribution in [0.25, 0.3) is 0 Å². The first-order valence-corrected chi connectivity index (χ1v) is 4.36. The Labute approximate surface area is 67.9 Å². The van der Waals surface area contributed by atoms with Crippen LogP contribution in [0.5, 0.6) is 0 Å². The fourth-order valence-corrected chi connectivity index (χ4v) is 1.57. The van der Waals surface area contributed by atoms with Gasteiger partial charge in [0.05, 0.1) is 6.61 Å². The van der Waals surface area contributed by atoms with Crippen molar-refractivity contribution in [2.45, 2.75) is 26.7 Å². The van der Waals surface area contributed by atoms with Crippen molar-refractivity contribution in [2.24, 2.45) is 11.8 Å². The van der Waals surface area contributed by atoms with E-state index in [4.69, 9.17) is 4.74 Å². The molecule has 0 radical (unpaired) electrons. The van der Waals surface area contributed by atoms with Crippen molar-refractivity contribution in [3.05, 3.63) is 0 Å². The second-order valence-electron chi connectivity index (χ2n) is 3.21. The third-order valence-corrected chi connectivity index (χ3v) is 2.51. The lowest BCUT2D eigenvalue weighted by Gasteiger charge is -2.12. The smallest absolute Gasteiger partial charge is 0.136 e. The summed E-state index contributed by atoms with van der Waals surface area (Å²) in [5.74, 6) is 1.14. The zero-order valence-electron chi connectivity index (χ0n) is 7.30. The van der Waals surface area contributed by atoms with Crippen LogP contribution in [-0.4, -0.2) is 19.0 Å². The molecule has 0 bridgehead atoms. The van der Waals surface area contributed by atoms with Gasteiger partial charge >= 0.3 is 0 Å². The molecule has 64 valence electrons. The summed E-state index contributed by atoms with van der Waals surface area (Å²) in [6.07, 6.45) is 1.79. The van der Waals surface area contributed by atoms with Crippen LogP contribution < -0.4 is 0 Å². The normalized spacial score (nSPS) is 31.3. The first-order chi connectivity index (χ1) is 5.25. The van der Waals surface area contributed by atoms with E-state index in [2.05, 4.69) is 0 Å². The molecule has 0 amide bonds. The van der Waals surface area contributed by atoms with Crippen LogP contribution in [-0.2, 0) is 9.53 Å². The minimum Gasteiger partial charge on any atom is -0.381 e. The predicted octanol–water partition coefficient (Wildman–Crippen LogP) is 1.64. The maximum atomic E-state index is 11.1. The van der Waals surface area contributed by atoms with Gasteiger partial charge in [0.1, 0.15) is 5.78 Å². The SMILES string of the molecule is CCOCC1CCC(=O)C1C. The summed E-state index contributed by atoms with van der Waals surface area (Å²) >= 11 is 0. The molecule has 1 aliphatic rings. The van der Waals surface area contributed by atoms with Crippen LogP contribution in [0.4, 0.5) is 0 Å². The number of hydrogen-bond donors (Lipinski definition) is 0. The van der Waals surface area contributed by atoms with Gasteiger partial charge in [-0.25, -0.2) is 0 Å². The molecule has 1 rings (SSSR count). The molecule has 0 aliphatic heterocycles. The fourth-order valence-electron chi connectivity index (χ4n) is 1.57. The van der Waals surface area contributed by atoms with Crippen LogP contribution >= 0.6 is 0 Å². The second-order valence-corrected chi connectivity index (χ2v) is 3.21. The lowest BCUT2D eigenvalue weighted by molar-refractivity contribution is -0.121. The summed E-state index contributed by atoms with van der Waals surface area (Å²) in [6, 6.07) is 0. The zero-order valence-corrected chi connectivity index (χ0v) is 7.30. The lowest BCUT2D eigenvalue weighted by atomic mass is 9.99. The quantitative estimate of drug-likeness (QED) is 0.621. The van der Waals surface area contributed by atoms with E-state index in [9.17, 15) is 4.79 Å². The number of hydrogen-bond acceptors (Lipinski definition) is 2. The summed E-state index contributed by atoms with van der Waals surface area (Å²) in [5, 5.41) is 0. The molecule has 2 heteroatoms. The number of rotatable bonds is 3. The molecule has 2 atom stereocenters. The Morgan fingerprint density at radius 2 is 2.36 bits per heavy atom. The number of Topliss-reactive ketones (excluding diaryl/α,β-unsaturated/α-hetero) is 1. The number of carbonyl (C=O) groups is 1. The standard InChI is InChI=1S/C9H16O2/c1-3-11-6-8-4-5-9(10)7(8)2/h7-8H,3-6H2,1-2H3. The second kappa shape index (κ2) is 3.86. The highest BCUT2D eigenvalue weighted by Crippen LogP contribution is 2.28. The Balaban J connectivity index is 2.30. The van der Waals surface area contributed by atoms with Gasteiger partial charge in [-0.05, 0) is 19.3 Å². The van der Waals surface area contributed by atoms with E-state index in [1.165, 1.54) is 0 Å². The van der Waals surface area contributed by atoms with E-state index in [-0.39, 0.29) is 5.92 Å². The molecule has 0 aromatic rings. The van der Waals surface area contributed by atoms with Crippen molar-refractivity contribution in [3.8, 4) is 0 Å². The largest absolute Gasteiger partial charge is 0.381 e. The predicted molar refractivity (Wildman–Crippen MR) is 43.4 cm³/mol. The summed E-state index contributed by atoms with van der Waals surface area (Å²) in [4.78, 5) is 11.1. The molecule has 1 saturated carbocycles. The van der Waals surface area contributed by atoms with Crippen LogP contribution in [0.2, 0.25) is 0 Å². The maximum absolute atomic E-state index is 11.1. The van der Waals surface area contributed by atoms with E-state index < -0.39 is 0 Å². The van der Waals surface area contributed by atoms with Gasteiger partial charge in [0.15, 0.2) is 0 Å². The number of carbonyl (C=O) groups excluding carboxylic acids is 1. The summed E-state index contributed by atoms with van der Waals surface area (Å²) in [6.45, 7) is 5.53. The minimum absolute atomic E-state index is 0.238. The summed E-state index contributed by atoms with van der Waals surface area (Å²) in [5.41, 5.74) is 0. The van der Waals surface area contributed by atoms with Gasteiger partial charge in [0.25, 0.3) is 0 Å². The molecule has 0 spiro atoms. The first kappa shape index (κ1) is 8.72. The first-order valence-electron chi connectivity index (χ1n) is 4.36. The van der Waals surface area contributed by atoms with Crippen LogP contribution in [0.3, 0.4) is 0 Å². The summed E-state index contributed by atoms with van der Waals surface area (Å²) in [7, 11) is 0. The molecule has 1 fully saturated rings. The van der Waals surface area contributed by atoms with Gasteiger partial charge in [-0.2, -0.15) is 0 Å². The Morgan fingerprint density at radius 3 is 2.82 bits per heavy atom. The fraction of sp³-hybridized carbons (Fsp3) is 0.889. The lowest BCUT2D eigenvalue weighted by Crippen LogP contribution is -2.15. The number of ketones is 1. The van der Waals surface area contributed by atoms with E-state index in [1.807, 2.05) is 13.8 Å². The zero-order chi connectivity index (χ0) is 8.27. The van der Waals surface area contributed by atoms with Crippen molar-refractivity contribution in [1.29, 1.82) is 0 Å². The molecule has 0 N–H and O–H groups in total. The average Bonchev–Trinajstić information content (AvgIpc) is 2.31. The molecule has 1 aliphatic carbocycles. The van der Waals surface area contributed by atoms with E-state index in [1.54, 1.807) is 0 Å². The van der Waals surface area contributed by atoms with E-state index >= 15 is 0 Å². The summed E-state index contributed by atoms with van der Waals surface area (Å²) < 4.78 is 5.28. The molecule has 2 nitrogen and oxygen atoms in total. The van der Waals surface area contributed by atoms with Gasteiger partial charge in [0, 0.05) is 18.9 Å². The highest BCUT2D eigenvalue weighted by Gasteiger charge is 2.30. The van der Waals surface area contributed by atoms with Crippen molar-refractivity contribution in [2.75, 3.05) is 13.2 Å². The van der Waals surface area contributed by atoms with E-state index in [0.29, 0.717) is 11.7 Å². The molecular weight excluding hydrogens is 140 g/mol. The van der Waals surface area contributed by atoms with Gasteiger partial charge < -0.3 is 4.74 Å². The van der Waals surface area contributed by atoms with E-state index in [0.717, 1.165) is 26.1 Å². The van der Waals surface area contributed by atoms with Gasteiger partial charge in [-0.3, -0.25) is 4.79 Å². The van der Waals surface area contributed by atoms with Crippen molar-refractivity contribution < 1.29 is 9.53 Å². The van der Waals surface area contributed by atoms with Gasteiger partial charge in [-0.15, -0.1) is 0 Å². The molecule has 0 aromatic carbocycles. The third kappa shape index (κ3) is 2.03. The Kier molecular flexibility index (Phi) is 3.06. The van der Waals surface area contributed by atoms with Gasteiger partial charge in [-0.1, -0.05) is 6.92 Å². The van der Waals surface area contributed by atoms with Crippen LogP contribution in [0.1, 0.15) is 26.7 Å². The minimum atomic E-state index is 0.238. The number of ether oxygens (including phenoxy) is 1. The third-order valence-electron chi connectivity index (χ3n) is 2.51. The molecule has 11 heavy (non-hydrogen) atoms. The Morgan fingerprint density at radius 1 is 1.64 bits per heavy atom. The highest BCUT2D eigenvalue weighted by molar-refractivity contribution is 5.82.